The molecule has 3 aromatic rings. The molecule has 0 bridgehead atoms. The van der Waals surface area contributed by atoms with Crippen molar-refractivity contribution in [2.45, 2.75) is 82.9 Å². The molecule has 1 unspecified atom stereocenters. The van der Waals surface area contributed by atoms with Crippen LogP contribution in [0.1, 0.15) is 71.7 Å². The van der Waals surface area contributed by atoms with Crippen molar-refractivity contribution in [1.29, 1.82) is 0 Å². The molecule has 47 heavy (non-hydrogen) atoms. The van der Waals surface area contributed by atoms with Crippen LogP contribution < -0.4 is 4.46 Å². The van der Waals surface area contributed by atoms with E-state index in [9.17, 15) is 14.4 Å². The third-order valence-corrected chi connectivity index (χ3v) is 10.0. The van der Waals surface area contributed by atoms with Gasteiger partial charge >= 0.3 is 249 Å². The van der Waals surface area contributed by atoms with Crippen molar-refractivity contribution in [3.63, 3.8) is 0 Å². The molecule has 2 aromatic carbocycles. The van der Waals surface area contributed by atoms with Crippen LogP contribution in [0.2, 0.25) is 4.82 Å². The third-order valence-electron chi connectivity index (χ3n) is 7.41. The summed E-state index contributed by atoms with van der Waals surface area (Å²) in [6, 6.07) is 17.8. The minimum absolute atomic E-state index is 0.132. The Labute approximate surface area is 284 Å². The molecule has 0 fully saturated rings. The maximum atomic E-state index is 13.8. The Hall–Kier alpha value is -3.85. The Bertz CT molecular complexity index is 1600. The molecule has 0 N–H and O–H groups in total. The first kappa shape index (κ1) is 36.0. The zero-order chi connectivity index (χ0) is 34.2. The Morgan fingerprint density at radius 2 is 1.62 bits per heavy atom. The molecule has 252 valence electrons. The molecule has 0 amide bonds. The Kier molecular flexibility index (Phi) is 12.1. The summed E-state index contributed by atoms with van der Waals surface area (Å²) in [5, 5.41) is 1.04. The van der Waals surface area contributed by atoms with Gasteiger partial charge in [0.15, 0.2) is 0 Å². The van der Waals surface area contributed by atoms with Gasteiger partial charge in [-0.1, -0.05) is 0 Å². The van der Waals surface area contributed by atoms with Gasteiger partial charge in [0, 0.05) is 0 Å². The van der Waals surface area contributed by atoms with Gasteiger partial charge < -0.3 is 4.74 Å². The molecule has 1 aromatic heterocycles. The average molecular weight is 710 g/mol. The van der Waals surface area contributed by atoms with Crippen molar-refractivity contribution < 1.29 is 33.3 Å². The van der Waals surface area contributed by atoms with Crippen LogP contribution in [0.5, 0.6) is 0 Å². The molecular weight excluding hydrogens is 663 g/mol. The molecule has 1 aliphatic heterocycles. The van der Waals surface area contributed by atoms with Gasteiger partial charge in [0.1, 0.15) is 5.60 Å². The van der Waals surface area contributed by atoms with E-state index in [2.05, 4.69) is 11.0 Å². The molecule has 2 atom stereocenters. The fraction of sp³-hybridized carbons (Fsp3) is 0.432. The quantitative estimate of drug-likeness (QED) is 0.0723. The van der Waals surface area contributed by atoms with Crippen LogP contribution in [-0.2, 0) is 30.2 Å². The van der Waals surface area contributed by atoms with Gasteiger partial charge in [-0.15, -0.1) is 0 Å². The zero-order valence-corrected chi connectivity index (χ0v) is 30.1. The molecule has 0 radical (unpaired) electrons. The van der Waals surface area contributed by atoms with Crippen molar-refractivity contribution in [1.82, 2.24) is 9.47 Å². The van der Waals surface area contributed by atoms with Gasteiger partial charge in [-0.05, 0) is 20.8 Å². The Balaban J connectivity index is 1.65. The third kappa shape index (κ3) is 10.1. The number of ether oxygens (including phenoxy) is 4. The fourth-order valence-corrected chi connectivity index (χ4v) is 7.87. The summed E-state index contributed by atoms with van der Waals surface area (Å²) in [4.78, 5) is 40.8. The van der Waals surface area contributed by atoms with Gasteiger partial charge in [0.2, 0.25) is 0 Å². The van der Waals surface area contributed by atoms with Crippen molar-refractivity contribution in [2.24, 2.45) is 0 Å². The molecule has 4 rings (SSSR count). The summed E-state index contributed by atoms with van der Waals surface area (Å²) in [6.45, 7) is 12.3. The van der Waals surface area contributed by atoms with Crippen LogP contribution in [0.25, 0.3) is 10.9 Å². The van der Waals surface area contributed by atoms with E-state index < -0.39 is 23.5 Å². The second-order valence-electron chi connectivity index (χ2n) is 13.3. The van der Waals surface area contributed by atoms with E-state index in [-0.39, 0.29) is 31.8 Å². The number of carbonyl (C=O) groups is 3. The van der Waals surface area contributed by atoms with Crippen LogP contribution in [0.3, 0.4) is 0 Å². The van der Waals surface area contributed by atoms with E-state index in [1.54, 1.807) is 31.4 Å². The van der Waals surface area contributed by atoms with E-state index in [1.807, 2.05) is 81.5 Å². The van der Waals surface area contributed by atoms with Gasteiger partial charge in [-0.2, -0.15) is 0 Å². The summed E-state index contributed by atoms with van der Waals surface area (Å²) in [6.07, 6.45) is 7.52. The number of aromatic nitrogens is 1. The first-order valence-electron chi connectivity index (χ1n) is 15.9. The molecule has 0 spiro atoms. The molecule has 0 aliphatic carbocycles. The molecule has 1 aliphatic rings. The summed E-state index contributed by atoms with van der Waals surface area (Å²) in [7, 11) is 1.44. The molecule has 10 heteroatoms. The van der Waals surface area contributed by atoms with E-state index in [0.29, 0.717) is 19.4 Å². The fourth-order valence-electron chi connectivity index (χ4n) is 5.58. The van der Waals surface area contributed by atoms with Gasteiger partial charge in [-0.3, -0.25) is 0 Å². The summed E-state index contributed by atoms with van der Waals surface area (Å²) in [5.41, 5.74) is 1.53. The number of carbonyl (C=O) groups excluding carboxylic acids is 3. The number of hydrogen-bond acceptors (Lipinski definition) is 8. The van der Waals surface area contributed by atoms with Crippen molar-refractivity contribution >= 4 is 48.5 Å². The number of benzene rings is 2. The summed E-state index contributed by atoms with van der Waals surface area (Å²) in [5.74, 6) is -0.223. The first-order chi connectivity index (χ1) is 22.3. The number of rotatable bonds is 10. The predicted octanol–water partition coefficient (Wildman–Crippen LogP) is 7.12. The van der Waals surface area contributed by atoms with Crippen molar-refractivity contribution in [2.75, 3.05) is 20.2 Å². The topological polar surface area (TPSA) is 96.3 Å². The van der Waals surface area contributed by atoms with Gasteiger partial charge in [0.05, 0.1) is 0 Å². The average Bonchev–Trinajstić information content (AvgIpc) is 3.34. The van der Waals surface area contributed by atoms with E-state index in [0.717, 1.165) is 39.6 Å². The predicted molar refractivity (Wildman–Crippen MR) is 184 cm³/mol. The standard InChI is InChI=1S/C37H46N2O7Se/c1-36(2,3)45-34(41)39-29-19-13-12-18-27(29)28-22-24-38(23-14-9-15-25-44-35(42)46-37(4,5)6)30(32(28)39)20-21-31(33(40)43-7)47-26-16-10-8-11-17-26/h8-19,25,30-31H,20-24H2,1-7H3/b14-9+,25-15+/t30-,31?/m0/s1. The second-order valence-corrected chi connectivity index (χ2v) is 16.0. The zero-order valence-electron chi connectivity index (χ0n) is 28.4. The van der Waals surface area contributed by atoms with E-state index >= 15 is 0 Å². The van der Waals surface area contributed by atoms with E-state index in [4.69, 9.17) is 18.9 Å². The number of esters is 1. The number of para-hydroxylation sites is 1. The number of allylic oxidation sites excluding steroid dienone is 2. The van der Waals surface area contributed by atoms with Gasteiger partial charge in [0.25, 0.3) is 0 Å². The second kappa shape index (κ2) is 15.8. The monoisotopic (exact) mass is 710 g/mol. The van der Waals surface area contributed by atoms with Gasteiger partial charge in [-0.25, -0.2) is 4.79 Å². The van der Waals surface area contributed by atoms with Crippen LogP contribution in [-0.4, -0.2) is 74.0 Å². The summed E-state index contributed by atoms with van der Waals surface area (Å²) >= 11 is -0.132. The Morgan fingerprint density at radius 1 is 0.936 bits per heavy atom. The first-order valence-corrected chi connectivity index (χ1v) is 17.7. The molecular formula is C37H46N2O7Se. The van der Waals surface area contributed by atoms with Crippen LogP contribution in [0, 0.1) is 0 Å². The number of methoxy groups -OCH3 is 1. The molecule has 0 saturated carbocycles. The minimum atomic E-state index is -0.766. The Morgan fingerprint density at radius 3 is 2.30 bits per heavy atom. The molecule has 2 heterocycles. The SMILES string of the molecule is COC(=O)C(CC[C@H]1c2c(c3ccccc3n2C(=O)OC(C)(C)C)CCN1C/C=C/C=C/OC(=O)OC(C)(C)C)[Se]c1ccccc1. The maximum absolute atomic E-state index is 13.8. The van der Waals surface area contributed by atoms with Crippen LogP contribution in [0.4, 0.5) is 9.59 Å². The molecule has 0 saturated heterocycles. The number of nitrogens with zero attached hydrogens (tertiary/aromatic N) is 2. The van der Waals surface area contributed by atoms with E-state index in [1.165, 1.54) is 13.4 Å². The number of fused-ring (bicyclic) bond motifs is 3. The molecule has 9 nitrogen and oxygen atoms in total. The van der Waals surface area contributed by atoms with Crippen molar-refractivity contribution in [3.8, 4) is 0 Å². The van der Waals surface area contributed by atoms with Crippen LogP contribution >= 0.6 is 0 Å². The number of hydrogen-bond donors (Lipinski definition) is 0. The normalized spacial score (nSPS) is 16.3. The van der Waals surface area contributed by atoms with Crippen molar-refractivity contribution in [3.05, 3.63) is 90.3 Å². The van der Waals surface area contributed by atoms with Crippen LogP contribution in [0.15, 0.2) is 79.1 Å². The summed E-state index contributed by atoms with van der Waals surface area (Å²) < 4.78 is 24.3.